The number of aliphatic imine (C=N–C) groups is 1. The van der Waals surface area contributed by atoms with Gasteiger partial charge in [0, 0.05) is 17.7 Å². The van der Waals surface area contributed by atoms with E-state index < -0.39 is 27.5 Å². The van der Waals surface area contributed by atoms with E-state index in [4.69, 9.17) is 0 Å². The predicted octanol–water partition coefficient (Wildman–Crippen LogP) is 1.98. The number of hydrogen-bond acceptors (Lipinski definition) is 4. The molecule has 124 valence electrons. The van der Waals surface area contributed by atoms with E-state index >= 15 is 0 Å². The van der Waals surface area contributed by atoms with E-state index in [0.29, 0.717) is 0 Å². The number of nitrogens with zero attached hydrogens (tertiary/aromatic N) is 2. The van der Waals surface area contributed by atoms with E-state index in [0.717, 1.165) is 23.9 Å². The van der Waals surface area contributed by atoms with Crippen LogP contribution in [0, 0.1) is 11.6 Å². The third-order valence-electron chi connectivity index (χ3n) is 3.76. The molecule has 2 aliphatic rings. The van der Waals surface area contributed by atoms with Crippen LogP contribution in [0.4, 0.5) is 14.5 Å². The zero-order valence-electron chi connectivity index (χ0n) is 12.2. The molecular formula is C14H14F2N2O3S2. The van der Waals surface area contributed by atoms with Crippen molar-refractivity contribution < 1.29 is 22.0 Å². The molecule has 1 aromatic carbocycles. The van der Waals surface area contributed by atoms with Crippen LogP contribution >= 0.6 is 11.8 Å². The molecule has 1 amide bonds. The van der Waals surface area contributed by atoms with Crippen molar-refractivity contribution in [2.24, 2.45) is 4.99 Å². The highest BCUT2D eigenvalue weighted by atomic mass is 32.2. The van der Waals surface area contributed by atoms with E-state index in [1.54, 1.807) is 6.92 Å². The third kappa shape index (κ3) is 3.12. The molecule has 0 spiro atoms. The lowest BCUT2D eigenvalue weighted by Crippen LogP contribution is -2.38. The molecule has 0 bridgehead atoms. The van der Waals surface area contributed by atoms with Gasteiger partial charge in [-0.3, -0.25) is 4.79 Å². The average molecular weight is 360 g/mol. The highest BCUT2D eigenvalue weighted by Crippen LogP contribution is 2.41. The van der Waals surface area contributed by atoms with Crippen LogP contribution < -0.4 is 4.90 Å². The Hall–Kier alpha value is -1.48. The Labute approximate surface area is 136 Å². The summed E-state index contributed by atoms with van der Waals surface area (Å²) < 4.78 is 51.0. The number of fused-ring (bicyclic) bond motifs is 1. The van der Waals surface area contributed by atoms with Gasteiger partial charge in [0.2, 0.25) is 5.91 Å². The lowest BCUT2D eigenvalue weighted by atomic mass is 10.2. The van der Waals surface area contributed by atoms with E-state index in [1.807, 2.05) is 0 Å². The first kappa shape index (κ1) is 16.4. The molecule has 2 heterocycles. The lowest BCUT2D eigenvalue weighted by Gasteiger charge is -2.24. The van der Waals surface area contributed by atoms with Crippen molar-refractivity contribution in [1.29, 1.82) is 0 Å². The van der Waals surface area contributed by atoms with Crippen molar-refractivity contribution in [3.63, 3.8) is 0 Å². The average Bonchev–Trinajstić information content (AvgIpc) is 2.91. The van der Waals surface area contributed by atoms with Crippen molar-refractivity contribution in [1.82, 2.24) is 0 Å². The molecule has 2 fully saturated rings. The Morgan fingerprint density at radius 3 is 2.78 bits per heavy atom. The first-order valence-corrected chi connectivity index (χ1v) is 9.73. The number of carbonyl (C=O) groups excluding carboxylic acids is 1. The number of benzene rings is 1. The van der Waals surface area contributed by atoms with Gasteiger partial charge in [0.15, 0.2) is 15.0 Å². The summed E-state index contributed by atoms with van der Waals surface area (Å²) in [5.41, 5.74) is 0.0335. The minimum Gasteiger partial charge on any atom is -0.313 e. The van der Waals surface area contributed by atoms with Gasteiger partial charge in [-0.2, -0.15) is 4.99 Å². The number of carbonyl (C=O) groups is 1. The zero-order valence-corrected chi connectivity index (χ0v) is 13.8. The van der Waals surface area contributed by atoms with Gasteiger partial charge in [-0.1, -0.05) is 18.7 Å². The summed E-state index contributed by atoms with van der Waals surface area (Å²) in [6, 6.07) is 2.56. The Balaban J connectivity index is 2.06. The summed E-state index contributed by atoms with van der Waals surface area (Å²) in [4.78, 5) is 17.0. The molecule has 23 heavy (non-hydrogen) atoms. The first-order valence-electron chi connectivity index (χ1n) is 7.03. The molecule has 9 heteroatoms. The maximum atomic E-state index is 14.2. The zero-order chi connectivity index (χ0) is 16.8. The molecule has 2 atom stereocenters. The summed E-state index contributed by atoms with van der Waals surface area (Å²) in [6.45, 7) is 1.65. The van der Waals surface area contributed by atoms with Crippen LogP contribution in [0.3, 0.4) is 0 Å². The summed E-state index contributed by atoms with van der Waals surface area (Å²) in [6.07, 6.45) is 0.192. The van der Waals surface area contributed by atoms with E-state index in [9.17, 15) is 22.0 Å². The number of halogens is 2. The lowest BCUT2D eigenvalue weighted by molar-refractivity contribution is -0.117. The molecule has 0 unspecified atom stereocenters. The van der Waals surface area contributed by atoms with Crippen LogP contribution in [0.25, 0.3) is 0 Å². The van der Waals surface area contributed by atoms with Crippen molar-refractivity contribution in [3.05, 3.63) is 29.8 Å². The fourth-order valence-corrected chi connectivity index (χ4v) is 6.63. The minimum atomic E-state index is -3.22. The second kappa shape index (κ2) is 5.86. The van der Waals surface area contributed by atoms with Gasteiger partial charge in [0.05, 0.1) is 23.2 Å². The largest absolute Gasteiger partial charge is 0.313 e. The van der Waals surface area contributed by atoms with Crippen LogP contribution in [0.2, 0.25) is 0 Å². The number of amides is 1. The second-order valence-corrected chi connectivity index (χ2v) is 8.77. The summed E-state index contributed by atoms with van der Waals surface area (Å²) >= 11 is 1.16. The molecule has 3 rings (SSSR count). The van der Waals surface area contributed by atoms with Crippen LogP contribution in [0.5, 0.6) is 0 Å². The van der Waals surface area contributed by atoms with Crippen molar-refractivity contribution in [3.8, 4) is 0 Å². The van der Waals surface area contributed by atoms with E-state index in [1.165, 1.54) is 11.0 Å². The summed E-state index contributed by atoms with van der Waals surface area (Å²) in [5.74, 6) is -2.09. The molecular weight excluding hydrogens is 346 g/mol. The topological polar surface area (TPSA) is 66.8 Å². The maximum absolute atomic E-state index is 14.2. The molecule has 1 aromatic rings. The van der Waals surface area contributed by atoms with Gasteiger partial charge in [-0.15, -0.1) is 0 Å². The molecule has 2 aliphatic heterocycles. The van der Waals surface area contributed by atoms with Crippen LogP contribution in [-0.4, -0.2) is 42.3 Å². The van der Waals surface area contributed by atoms with Crippen LogP contribution in [0.1, 0.15) is 13.3 Å². The molecule has 0 radical (unpaired) electrons. The van der Waals surface area contributed by atoms with Gasteiger partial charge in [-0.25, -0.2) is 17.2 Å². The second-order valence-electron chi connectivity index (χ2n) is 5.41. The van der Waals surface area contributed by atoms with Crippen LogP contribution in [0.15, 0.2) is 23.2 Å². The monoisotopic (exact) mass is 360 g/mol. The van der Waals surface area contributed by atoms with Gasteiger partial charge in [0.25, 0.3) is 0 Å². The standard InChI is InChI=1S/C14H14F2N2O3S2/c1-2-13(19)17-14-18(10-4-3-8(15)5-9(10)16)11-6-23(20,21)7-12(11)22-14/h3-5,11-12H,2,6-7H2,1H3/t11-,12+/m0/s1. The Kier molecular flexibility index (Phi) is 4.18. The van der Waals surface area contributed by atoms with Gasteiger partial charge >= 0.3 is 0 Å². The fourth-order valence-electron chi connectivity index (χ4n) is 2.71. The molecule has 0 saturated carbocycles. The van der Waals surface area contributed by atoms with Gasteiger partial charge in [-0.05, 0) is 12.1 Å². The number of amidine groups is 1. The van der Waals surface area contributed by atoms with Gasteiger partial charge in [0.1, 0.15) is 11.6 Å². The quantitative estimate of drug-likeness (QED) is 0.807. The number of hydrogen-bond donors (Lipinski definition) is 0. The number of thioether (sulfide) groups is 1. The SMILES string of the molecule is CCC(=O)N=C1S[C@@H]2CS(=O)(=O)C[C@@H]2N1c1ccc(F)cc1F. The molecule has 0 N–H and O–H groups in total. The highest BCUT2D eigenvalue weighted by Gasteiger charge is 2.49. The molecule has 0 aromatic heterocycles. The smallest absolute Gasteiger partial charge is 0.247 e. The number of anilines is 1. The van der Waals surface area contributed by atoms with Crippen molar-refractivity contribution >= 4 is 38.4 Å². The summed E-state index contributed by atoms with van der Waals surface area (Å²) in [7, 11) is -3.22. The fraction of sp³-hybridized carbons (Fsp3) is 0.429. The Bertz CT molecular complexity index is 795. The first-order chi connectivity index (χ1) is 10.8. The minimum absolute atomic E-state index is 0.0335. The molecule has 2 saturated heterocycles. The Morgan fingerprint density at radius 2 is 2.13 bits per heavy atom. The van der Waals surface area contributed by atoms with Crippen molar-refractivity contribution in [2.75, 3.05) is 16.4 Å². The van der Waals surface area contributed by atoms with Crippen LogP contribution in [-0.2, 0) is 14.6 Å². The maximum Gasteiger partial charge on any atom is 0.247 e. The Morgan fingerprint density at radius 1 is 1.39 bits per heavy atom. The predicted molar refractivity (Wildman–Crippen MR) is 85.4 cm³/mol. The normalized spacial score (nSPS) is 27.4. The van der Waals surface area contributed by atoms with Crippen molar-refractivity contribution in [2.45, 2.75) is 24.6 Å². The van der Waals surface area contributed by atoms with Gasteiger partial charge < -0.3 is 4.90 Å². The summed E-state index contributed by atoms with van der Waals surface area (Å²) in [5, 5.41) is -0.0416. The molecule has 0 aliphatic carbocycles. The van der Waals surface area contributed by atoms with E-state index in [-0.39, 0.29) is 39.9 Å². The third-order valence-corrected chi connectivity index (χ3v) is 6.97. The molecule has 5 nitrogen and oxygen atoms in total. The highest BCUT2D eigenvalue weighted by molar-refractivity contribution is 8.16. The van der Waals surface area contributed by atoms with E-state index in [2.05, 4.69) is 4.99 Å². The number of rotatable bonds is 2. The number of sulfone groups is 1.